The fourth-order valence-corrected chi connectivity index (χ4v) is 1.33. The second-order valence-electron chi connectivity index (χ2n) is 2.51. The number of carboxylic acid groups (broad SMARTS) is 1. The number of hydrogen-bond acceptors (Lipinski definition) is 3. The lowest BCUT2D eigenvalue weighted by Crippen LogP contribution is -2.06. The Hall–Kier alpha value is -1.29. The fourth-order valence-electron chi connectivity index (χ4n) is 0.757. The highest BCUT2D eigenvalue weighted by molar-refractivity contribution is 8.15. The fraction of sp³-hybridized carbons (Fsp3) is 0.111. The molecule has 0 unspecified atom stereocenters. The van der Waals surface area contributed by atoms with Crippen molar-refractivity contribution in [1.82, 2.24) is 0 Å². The molecule has 1 rings (SSSR count). The number of benzene rings is 1. The zero-order valence-electron chi connectivity index (χ0n) is 6.98. The topological polar surface area (TPSA) is 54.4 Å². The Bertz CT molecular complexity index is 329. The number of rotatable bonds is 1. The van der Waals surface area contributed by atoms with Crippen molar-refractivity contribution < 1.29 is 14.7 Å². The van der Waals surface area contributed by atoms with E-state index < -0.39 is 11.1 Å². The molecular formula is C9H8O3S. The molecule has 0 aliphatic rings. The molecular weight excluding hydrogens is 188 g/mol. The van der Waals surface area contributed by atoms with Crippen LogP contribution in [0.2, 0.25) is 0 Å². The quantitative estimate of drug-likeness (QED) is 0.548. The van der Waals surface area contributed by atoms with Crippen molar-refractivity contribution in [2.24, 2.45) is 0 Å². The molecule has 0 aromatic heterocycles. The minimum absolute atomic E-state index is 0.651. The van der Waals surface area contributed by atoms with Gasteiger partial charge in [0.1, 0.15) is 0 Å². The summed E-state index contributed by atoms with van der Waals surface area (Å²) in [7, 11) is 0. The maximum absolute atomic E-state index is 10.8. The van der Waals surface area contributed by atoms with E-state index in [-0.39, 0.29) is 0 Å². The minimum Gasteiger partial charge on any atom is -0.475 e. The molecule has 0 amide bonds. The normalized spacial score (nSPS) is 9.62. The van der Waals surface area contributed by atoms with Crippen molar-refractivity contribution in [2.45, 2.75) is 11.8 Å². The molecule has 0 aliphatic heterocycles. The number of carbonyl (C=O) groups is 2. The molecule has 0 heterocycles. The molecule has 0 aliphatic carbocycles. The Morgan fingerprint density at radius 3 is 2.23 bits per heavy atom. The number of carboxylic acids is 1. The van der Waals surface area contributed by atoms with Crippen LogP contribution in [0.25, 0.3) is 0 Å². The van der Waals surface area contributed by atoms with Crippen molar-refractivity contribution in [1.29, 1.82) is 0 Å². The van der Waals surface area contributed by atoms with Crippen LogP contribution in [0, 0.1) is 6.92 Å². The van der Waals surface area contributed by atoms with Crippen LogP contribution in [0.5, 0.6) is 0 Å². The molecule has 0 radical (unpaired) electrons. The summed E-state index contributed by atoms with van der Waals surface area (Å²) in [6, 6.07) is 7.11. The standard InChI is InChI=1S/C9H8O3S/c1-6-2-4-7(5-3-6)13-9(12)8(10)11/h2-5H,1H3,(H,10,11). The first-order valence-electron chi connectivity index (χ1n) is 3.61. The predicted octanol–water partition coefficient (Wildman–Crippen LogP) is 1.70. The molecule has 0 bridgehead atoms. The zero-order valence-corrected chi connectivity index (χ0v) is 7.80. The molecule has 0 fully saturated rings. The van der Waals surface area contributed by atoms with Gasteiger partial charge in [-0.2, -0.15) is 0 Å². The molecule has 0 saturated carbocycles. The maximum atomic E-state index is 10.8. The van der Waals surface area contributed by atoms with E-state index in [2.05, 4.69) is 0 Å². The second kappa shape index (κ2) is 4.09. The van der Waals surface area contributed by atoms with E-state index >= 15 is 0 Å². The average molecular weight is 196 g/mol. The number of aryl methyl sites for hydroxylation is 1. The summed E-state index contributed by atoms with van der Waals surface area (Å²) in [6.45, 7) is 1.92. The van der Waals surface area contributed by atoms with Gasteiger partial charge in [-0.15, -0.1) is 0 Å². The van der Waals surface area contributed by atoms with E-state index in [1.54, 1.807) is 12.1 Å². The van der Waals surface area contributed by atoms with Gasteiger partial charge in [-0.1, -0.05) is 17.7 Å². The third-order valence-corrected chi connectivity index (χ3v) is 2.27. The summed E-state index contributed by atoms with van der Waals surface area (Å²) in [5, 5.41) is 7.47. The Morgan fingerprint density at radius 2 is 1.77 bits per heavy atom. The molecule has 1 aromatic carbocycles. The van der Waals surface area contributed by atoms with Crippen LogP contribution in [0.4, 0.5) is 0 Å². The summed E-state index contributed by atoms with van der Waals surface area (Å²) in [5.41, 5.74) is 1.08. The van der Waals surface area contributed by atoms with E-state index in [4.69, 9.17) is 5.11 Å². The largest absolute Gasteiger partial charge is 0.475 e. The number of carbonyl (C=O) groups excluding carboxylic acids is 1. The first kappa shape index (κ1) is 9.80. The van der Waals surface area contributed by atoms with Gasteiger partial charge in [0, 0.05) is 4.90 Å². The zero-order chi connectivity index (χ0) is 9.84. The van der Waals surface area contributed by atoms with Gasteiger partial charge in [-0.05, 0) is 30.8 Å². The van der Waals surface area contributed by atoms with Crippen LogP contribution in [0.3, 0.4) is 0 Å². The number of thioether (sulfide) groups is 1. The lowest BCUT2D eigenvalue weighted by atomic mass is 10.2. The van der Waals surface area contributed by atoms with Crippen molar-refractivity contribution in [3.05, 3.63) is 29.8 Å². The summed E-state index contributed by atoms with van der Waals surface area (Å²) in [4.78, 5) is 21.6. The first-order chi connectivity index (χ1) is 6.09. The second-order valence-corrected chi connectivity index (χ2v) is 3.55. The highest BCUT2D eigenvalue weighted by Crippen LogP contribution is 2.18. The van der Waals surface area contributed by atoms with Gasteiger partial charge in [0.25, 0.3) is 0 Å². The van der Waals surface area contributed by atoms with Gasteiger partial charge in [0.15, 0.2) is 0 Å². The molecule has 0 spiro atoms. The van der Waals surface area contributed by atoms with E-state index in [1.807, 2.05) is 19.1 Å². The molecule has 0 saturated heterocycles. The minimum atomic E-state index is -1.41. The Kier molecular flexibility index (Phi) is 3.08. The summed E-state index contributed by atoms with van der Waals surface area (Å²) in [6.07, 6.45) is 0. The molecule has 4 heteroatoms. The van der Waals surface area contributed by atoms with Crippen molar-refractivity contribution in [2.75, 3.05) is 0 Å². The third kappa shape index (κ3) is 2.91. The molecule has 0 atom stereocenters. The highest BCUT2D eigenvalue weighted by atomic mass is 32.2. The Morgan fingerprint density at radius 1 is 1.23 bits per heavy atom. The van der Waals surface area contributed by atoms with Crippen LogP contribution < -0.4 is 0 Å². The van der Waals surface area contributed by atoms with Crippen LogP contribution in [-0.2, 0) is 9.59 Å². The van der Waals surface area contributed by atoms with Crippen LogP contribution in [0.1, 0.15) is 5.56 Å². The molecule has 1 aromatic rings. The van der Waals surface area contributed by atoms with Crippen molar-refractivity contribution in [3.63, 3.8) is 0 Å². The Labute approximate surface area is 79.8 Å². The summed E-state index contributed by atoms with van der Waals surface area (Å²) in [5.74, 6) is -1.41. The number of hydrogen-bond donors (Lipinski definition) is 1. The molecule has 1 N–H and O–H groups in total. The maximum Gasteiger partial charge on any atom is 0.383 e. The average Bonchev–Trinajstić information content (AvgIpc) is 2.08. The molecule has 3 nitrogen and oxygen atoms in total. The molecule has 13 heavy (non-hydrogen) atoms. The Balaban J connectivity index is 2.70. The number of aliphatic carboxylic acids is 1. The van der Waals surface area contributed by atoms with E-state index in [0.29, 0.717) is 4.90 Å². The monoisotopic (exact) mass is 196 g/mol. The smallest absolute Gasteiger partial charge is 0.383 e. The van der Waals surface area contributed by atoms with Crippen LogP contribution in [-0.4, -0.2) is 16.2 Å². The third-order valence-electron chi connectivity index (χ3n) is 1.41. The van der Waals surface area contributed by atoms with Crippen molar-refractivity contribution >= 4 is 22.8 Å². The van der Waals surface area contributed by atoms with Gasteiger partial charge in [-0.25, -0.2) is 4.79 Å². The van der Waals surface area contributed by atoms with Gasteiger partial charge in [0.2, 0.25) is 0 Å². The highest BCUT2D eigenvalue weighted by Gasteiger charge is 2.12. The van der Waals surface area contributed by atoms with Gasteiger partial charge in [0.05, 0.1) is 0 Å². The van der Waals surface area contributed by atoms with Gasteiger partial charge >= 0.3 is 11.1 Å². The van der Waals surface area contributed by atoms with E-state index in [1.165, 1.54) is 0 Å². The van der Waals surface area contributed by atoms with Gasteiger partial charge < -0.3 is 5.11 Å². The lowest BCUT2D eigenvalue weighted by molar-refractivity contribution is -0.144. The summed E-state index contributed by atoms with van der Waals surface area (Å²) >= 11 is 0.722. The lowest BCUT2D eigenvalue weighted by Gasteiger charge is -1.96. The first-order valence-corrected chi connectivity index (χ1v) is 4.43. The van der Waals surface area contributed by atoms with Crippen LogP contribution >= 0.6 is 11.8 Å². The SMILES string of the molecule is Cc1ccc(SC(=O)C(=O)O)cc1. The van der Waals surface area contributed by atoms with Gasteiger partial charge in [-0.3, -0.25) is 4.79 Å². The van der Waals surface area contributed by atoms with Crippen molar-refractivity contribution in [3.8, 4) is 0 Å². The van der Waals surface area contributed by atoms with E-state index in [0.717, 1.165) is 17.3 Å². The van der Waals surface area contributed by atoms with E-state index in [9.17, 15) is 9.59 Å². The predicted molar refractivity (Wildman–Crippen MR) is 49.7 cm³/mol. The summed E-state index contributed by atoms with van der Waals surface area (Å²) < 4.78 is 0. The molecule has 68 valence electrons. The van der Waals surface area contributed by atoms with Crippen LogP contribution in [0.15, 0.2) is 29.2 Å².